The molecule has 0 aliphatic heterocycles. The molecule has 0 atom stereocenters. The summed E-state index contributed by atoms with van der Waals surface area (Å²) >= 11 is 0. The number of anilines is 1. The third-order valence-corrected chi connectivity index (χ3v) is 4.89. The summed E-state index contributed by atoms with van der Waals surface area (Å²) in [6.45, 7) is 1.67. The predicted octanol–water partition coefficient (Wildman–Crippen LogP) is 2.25. The van der Waals surface area contributed by atoms with Crippen molar-refractivity contribution in [1.82, 2.24) is 20.6 Å². The van der Waals surface area contributed by atoms with Gasteiger partial charge in [0.1, 0.15) is 22.3 Å². The Hall–Kier alpha value is -3.71. The number of tetrazole rings is 1. The molecule has 2 aromatic carbocycles. The van der Waals surface area contributed by atoms with Crippen molar-refractivity contribution in [1.29, 1.82) is 5.26 Å². The Morgan fingerprint density at radius 3 is 2.70 bits per heavy atom. The van der Waals surface area contributed by atoms with Crippen LogP contribution in [0.15, 0.2) is 59.6 Å². The Balaban J connectivity index is 1.87. The second kappa shape index (κ2) is 7.67. The van der Waals surface area contributed by atoms with Crippen molar-refractivity contribution in [2.24, 2.45) is 0 Å². The van der Waals surface area contributed by atoms with Crippen LogP contribution in [0.1, 0.15) is 11.4 Å². The van der Waals surface area contributed by atoms with E-state index in [-0.39, 0.29) is 22.0 Å². The number of hydrogen-bond acceptors (Lipinski definition) is 8. The molecule has 0 saturated heterocycles. The maximum Gasteiger partial charge on any atom is 0.339 e. The highest BCUT2D eigenvalue weighted by atomic mass is 32.2. The van der Waals surface area contributed by atoms with Crippen LogP contribution in [0.3, 0.4) is 0 Å². The molecule has 1 aromatic heterocycles. The van der Waals surface area contributed by atoms with E-state index in [9.17, 15) is 13.7 Å². The van der Waals surface area contributed by atoms with Crippen molar-refractivity contribution in [3.8, 4) is 11.8 Å². The van der Waals surface area contributed by atoms with Gasteiger partial charge in [-0.05, 0) is 42.0 Å². The molecule has 3 aromatic rings. The summed E-state index contributed by atoms with van der Waals surface area (Å²) < 4.78 is 30.4. The summed E-state index contributed by atoms with van der Waals surface area (Å²) in [6.07, 6.45) is 1.37. The maximum atomic E-state index is 12.6. The first-order chi connectivity index (χ1) is 13.0. The van der Waals surface area contributed by atoms with Gasteiger partial charge in [-0.15, -0.1) is 10.2 Å². The Kier molecular flexibility index (Phi) is 5.14. The van der Waals surface area contributed by atoms with E-state index in [2.05, 4.69) is 25.9 Å². The lowest BCUT2D eigenvalue weighted by Gasteiger charge is -2.11. The van der Waals surface area contributed by atoms with Crippen molar-refractivity contribution in [3.63, 3.8) is 0 Å². The third-order valence-electron chi connectivity index (χ3n) is 3.50. The largest absolute Gasteiger partial charge is 0.379 e. The summed E-state index contributed by atoms with van der Waals surface area (Å²) in [4.78, 5) is 0.0165. The van der Waals surface area contributed by atoms with Gasteiger partial charge in [0.15, 0.2) is 0 Å². The average Bonchev–Trinajstić information content (AvgIpc) is 3.18. The molecule has 27 heavy (non-hydrogen) atoms. The minimum atomic E-state index is -4.02. The molecular weight excluding hydrogens is 368 g/mol. The number of para-hydroxylation sites is 1. The van der Waals surface area contributed by atoms with Crippen molar-refractivity contribution < 1.29 is 12.6 Å². The van der Waals surface area contributed by atoms with Gasteiger partial charge in [-0.1, -0.05) is 24.3 Å². The Morgan fingerprint density at radius 1 is 1.26 bits per heavy atom. The van der Waals surface area contributed by atoms with Crippen molar-refractivity contribution in [3.05, 3.63) is 66.1 Å². The number of benzene rings is 2. The van der Waals surface area contributed by atoms with Crippen LogP contribution < -0.4 is 9.50 Å². The summed E-state index contributed by atoms with van der Waals surface area (Å²) in [5, 5.41) is 25.1. The molecule has 3 rings (SSSR count). The van der Waals surface area contributed by atoms with E-state index in [0.717, 1.165) is 0 Å². The smallest absolute Gasteiger partial charge is 0.339 e. The van der Waals surface area contributed by atoms with Crippen molar-refractivity contribution in [2.75, 3.05) is 5.32 Å². The zero-order valence-corrected chi connectivity index (χ0v) is 14.9. The first-order valence-corrected chi connectivity index (χ1v) is 9.11. The van der Waals surface area contributed by atoms with E-state index >= 15 is 0 Å². The van der Waals surface area contributed by atoms with E-state index in [4.69, 9.17) is 4.18 Å². The fourth-order valence-electron chi connectivity index (χ4n) is 2.19. The lowest BCUT2D eigenvalue weighted by atomic mass is 10.2. The highest BCUT2D eigenvalue weighted by Crippen LogP contribution is 2.24. The van der Waals surface area contributed by atoms with Gasteiger partial charge in [-0.25, -0.2) is 0 Å². The fourth-order valence-corrected chi connectivity index (χ4v) is 3.37. The summed E-state index contributed by atoms with van der Waals surface area (Å²) in [6, 6.07) is 14.9. The SMILES string of the molecule is Cc1ccc(NC=C(C#N)c2nn[nH]n2)cc1S(=O)(=O)Oc1ccccc1. The molecule has 0 fully saturated rings. The second-order valence-electron chi connectivity index (χ2n) is 5.38. The molecule has 0 amide bonds. The van der Waals surface area contributed by atoms with Crippen LogP contribution in [0.5, 0.6) is 5.75 Å². The Bertz CT molecular complexity index is 1100. The number of nitrogens with zero attached hydrogens (tertiary/aromatic N) is 4. The quantitative estimate of drug-likeness (QED) is 0.490. The van der Waals surface area contributed by atoms with Crippen LogP contribution in [0.2, 0.25) is 0 Å². The molecule has 2 N–H and O–H groups in total. The number of hydrogen-bond donors (Lipinski definition) is 2. The van der Waals surface area contributed by atoms with Crippen molar-refractivity contribution >= 4 is 21.4 Å². The molecular formula is C17H14N6O3S. The van der Waals surface area contributed by atoms with E-state index in [0.29, 0.717) is 11.3 Å². The zero-order valence-electron chi connectivity index (χ0n) is 14.1. The number of rotatable bonds is 6. The first-order valence-electron chi connectivity index (χ1n) is 7.70. The minimum Gasteiger partial charge on any atom is -0.379 e. The van der Waals surface area contributed by atoms with Crippen molar-refractivity contribution in [2.45, 2.75) is 11.8 Å². The lowest BCUT2D eigenvalue weighted by Crippen LogP contribution is -2.11. The molecule has 0 unspecified atom stereocenters. The number of aromatic amines is 1. The lowest BCUT2D eigenvalue weighted by molar-refractivity contribution is 0.485. The van der Waals surface area contributed by atoms with Gasteiger partial charge in [-0.2, -0.15) is 18.9 Å². The van der Waals surface area contributed by atoms with Crippen LogP contribution in [-0.2, 0) is 10.1 Å². The zero-order chi connectivity index (χ0) is 19.3. The van der Waals surface area contributed by atoms with Gasteiger partial charge in [0.05, 0.1) is 0 Å². The van der Waals surface area contributed by atoms with Gasteiger partial charge >= 0.3 is 10.1 Å². The highest BCUT2D eigenvalue weighted by Gasteiger charge is 2.20. The van der Waals surface area contributed by atoms with Crippen LogP contribution in [-0.4, -0.2) is 29.0 Å². The van der Waals surface area contributed by atoms with Crippen LogP contribution in [0, 0.1) is 18.3 Å². The molecule has 0 saturated carbocycles. The van der Waals surface area contributed by atoms with E-state index < -0.39 is 10.1 Å². The monoisotopic (exact) mass is 382 g/mol. The molecule has 1 heterocycles. The number of aryl methyl sites for hydroxylation is 1. The van der Waals surface area contributed by atoms with Gasteiger partial charge in [0.25, 0.3) is 0 Å². The Labute approximate surface area is 155 Å². The molecule has 0 spiro atoms. The third kappa shape index (κ3) is 4.28. The molecule has 0 bridgehead atoms. The average molecular weight is 382 g/mol. The minimum absolute atomic E-state index is 0.0165. The predicted molar refractivity (Wildman–Crippen MR) is 96.8 cm³/mol. The van der Waals surface area contributed by atoms with E-state index in [1.807, 2.05) is 6.07 Å². The molecule has 0 radical (unpaired) electrons. The number of nitriles is 1. The maximum absolute atomic E-state index is 12.6. The van der Waals surface area contributed by atoms with Gasteiger partial charge < -0.3 is 9.50 Å². The molecule has 9 nitrogen and oxygen atoms in total. The van der Waals surface area contributed by atoms with Gasteiger partial charge in [-0.3, -0.25) is 0 Å². The molecule has 0 aliphatic carbocycles. The molecule has 0 aliphatic rings. The summed E-state index contributed by atoms with van der Waals surface area (Å²) in [5.74, 6) is 0.344. The molecule has 10 heteroatoms. The van der Waals surface area contributed by atoms with Gasteiger partial charge in [0.2, 0.25) is 5.82 Å². The topological polar surface area (TPSA) is 134 Å². The standard InChI is InChI=1S/C17H14N6O3S/c1-12-7-8-14(19-11-13(10-18)17-20-22-23-21-17)9-16(12)27(24,25)26-15-5-3-2-4-6-15/h2-9,11,19H,1H3,(H,20,21,22,23). The van der Waals surface area contributed by atoms with Gasteiger partial charge in [0, 0.05) is 11.9 Å². The molecule has 136 valence electrons. The van der Waals surface area contributed by atoms with E-state index in [1.54, 1.807) is 49.4 Å². The normalized spacial score (nSPS) is 11.6. The van der Waals surface area contributed by atoms with E-state index in [1.165, 1.54) is 12.3 Å². The Morgan fingerprint density at radius 2 is 2.04 bits per heavy atom. The number of allylic oxidation sites excluding steroid dienone is 1. The van der Waals surface area contributed by atoms with Crippen LogP contribution in [0.25, 0.3) is 5.57 Å². The summed E-state index contributed by atoms with van der Waals surface area (Å²) in [5.41, 5.74) is 1.11. The number of nitrogens with one attached hydrogen (secondary N) is 2. The second-order valence-corrected chi connectivity index (χ2v) is 6.90. The fraction of sp³-hybridized carbons (Fsp3) is 0.0588. The summed E-state index contributed by atoms with van der Waals surface area (Å²) in [7, 11) is -4.02. The number of H-pyrrole nitrogens is 1. The highest BCUT2D eigenvalue weighted by molar-refractivity contribution is 7.87. The first kappa shape index (κ1) is 18.1. The van der Waals surface area contributed by atoms with Crippen LogP contribution in [0.4, 0.5) is 5.69 Å². The number of aromatic nitrogens is 4. The van der Waals surface area contributed by atoms with Crippen LogP contribution >= 0.6 is 0 Å².